The standard InChI is InChI=1S/C14H29NO/c1-2-3-4-5-6-7-8-9-10-11-12-13-14(15)16/h12-14,16H,2-11,15H2,1H3. The highest BCUT2D eigenvalue weighted by Gasteiger charge is 1.91. The molecule has 0 spiro atoms. The van der Waals surface area contributed by atoms with Crippen LogP contribution < -0.4 is 5.73 Å². The summed E-state index contributed by atoms with van der Waals surface area (Å²) in [5, 5.41) is 8.79. The molecule has 0 fully saturated rings. The number of allylic oxidation sites excluding steroid dienone is 1. The van der Waals surface area contributed by atoms with Crippen LogP contribution in [0.1, 0.15) is 71.1 Å². The van der Waals surface area contributed by atoms with E-state index >= 15 is 0 Å². The molecule has 0 rings (SSSR count). The summed E-state index contributed by atoms with van der Waals surface area (Å²) in [6.07, 6.45) is 16.1. The Bertz CT molecular complexity index is 155. The lowest BCUT2D eigenvalue weighted by Gasteiger charge is -2.00. The molecule has 96 valence electrons. The number of nitrogens with two attached hydrogens (primary N) is 1. The predicted molar refractivity (Wildman–Crippen MR) is 71.2 cm³/mol. The Labute approximate surface area is 101 Å². The van der Waals surface area contributed by atoms with Crippen molar-refractivity contribution in [1.29, 1.82) is 0 Å². The largest absolute Gasteiger partial charge is 0.375 e. The first-order chi connectivity index (χ1) is 7.77. The van der Waals surface area contributed by atoms with Gasteiger partial charge in [-0.2, -0.15) is 0 Å². The molecule has 2 nitrogen and oxygen atoms in total. The van der Waals surface area contributed by atoms with Crippen molar-refractivity contribution in [2.45, 2.75) is 77.4 Å². The van der Waals surface area contributed by atoms with Crippen LogP contribution in [0.2, 0.25) is 0 Å². The van der Waals surface area contributed by atoms with Crippen LogP contribution in [0, 0.1) is 0 Å². The Morgan fingerprint density at radius 1 is 0.938 bits per heavy atom. The molecule has 1 atom stereocenters. The van der Waals surface area contributed by atoms with Crippen LogP contribution >= 0.6 is 0 Å². The van der Waals surface area contributed by atoms with Gasteiger partial charge < -0.3 is 10.8 Å². The molecule has 0 amide bonds. The van der Waals surface area contributed by atoms with Gasteiger partial charge in [0.2, 0.25) is 0 Å². The zero-order valence-electron chi connectivity index (χ0n) is 10.8. The normalized spacial score (nSPS) is 13.4. The van der Waals surface area contributed by atoms with Crippen LogP contribution in [0.15, 0.2) is 12.2 Å². The minimum atomic E-state index is -0.779. The third kappa shape index (κ3) is 13.7. The molecule has 2 heteroatoms. The Hall–Kier alpha value is -0.340. The van der Waals surface area contributed by atoms with Gasteiger partial charge in [-0.3, -0.25) is 0 Å². The fourth-order valence-corrected chi connectivity index (χ4v) is 1.81. The zero-order valence-corrected chi connectivity index (χ0v) is 10.8. The first kappa shape index (κ1) is 15.7. The van der Waals surface area contributed by atoms with E-state index in [4.69, 9.17) is 10.8 Å². The van der Waals surface area contributed by atoms with Gasteiger partial charge in [-0.1, -0.05) is 64.4 Å². The van der Waals surface area contributed by atoms with Gasteiger partial charge in [0.05, 0.1) is 0 Å². The highest BCUT2D eigenvalue weighted by Crippen LogP contribution is 2.10. The second-order valence-electron chi connectivity index (χ2n) is 4.54. The molecule has 0 aromatic heterocycles. The first-order valence-corrected chi connectivity index (χ1v) is 6.87. The Morgan fingerprint density at radius 2 is 1.44 bits per heavy atom. The van der Waals surface area contributed by atoms with Crippen molar-refractivity contribution < 1.29 is 5.11 Å². The van der Waals surface area contributed by atoms with Crippen molar-refractivity contribution >= 4 is 0 Å². The molecule has 0 aromatic rings. The van der Waals surface area contributed by atoms with E-state index in [-0.39, 0.29) is 0 Å². The third-order valence-electron chi connectivity index (χ3n) is 2.81. The lowest BCUT2D eigenvalue weighted by Crippen LogP contribution is -2.14. The van der Waals surface area contributed by atoms with Crippen LogP contribution in [0.4, 0.5) is 0 Å². The van der Waals surface area contributed by atoms with Gasteiger partial charge in [-0.05, 0) is 18.9 Å². The zero-order chi connectivity index (χ0) is 12.1. The molecule has 0 aliphatic heterocycles. The molecule has 0 bridgehead atoms. The fraction of sp³-hybridized carbons (Fsp3) is 0.857. The average molecular weight is 227 g/mol. The molecule has 3 N–H and O–H groups in total. The van der Waals surface area contributed by atoms with Crippen molar-refractivity contribution in [2.24, 2.45) is 5.73 Å². The van der Waals surface area contributed by atoms with Gasteiger partial charge >= 0.3 is 0 Å². The number of aliphatic hydroxyl groups excluding tert-OH is 1. The summed E-state index contributed by atoms with van der Waals surface area (Å²) in [5.41, 5.74) is 5.18. The number of aliphatic hydroxyl groups is 1. The summed E-state index contributed by atoms with van der Waals surface area (Å²) >= 11 is 0. The lowest BCUT2D eigenvalue weighted by molar-refractivity contribution is 0.231. The van der Waals surface area contributed by atoms with Crippen molar-refractivity contribution in [3.63, 3.8) is 0 Å². The van der Waals surface area contributed by atoms with Crippen LogP contribution in [-0.2, 0) is 0 Å². The Kier molecular flexibility index (Phi) is 12.5. The summed E-state index contributed by atoms with van der Waals surface area (Å²) in [6, 6.07) is 0. The highest BCUT2D eigenvalue weighted by molar-refractivity contribution is 4.85. The van der Waals surface area contributed by atoms with Gasteiger partial charge in [0.25, 0.3) is 0 Å². The van der Waals surface area contributed by atoms with Gasteiger partial charge in [-0.25, -0.2) is 0 Å². The molecule has 0 saturated carbocycles. The molecule has 0 radical (unpaired) electrons. The summed E-state index contributed by atoms with van der Waals surface area (Å²) in [4.78, 5) is 0. The topological polar surface area (TPSA) is 46.2 Å². The molecule has 0 saturated heterocycles. The minimum Gasteiger partial charge on any atom is -0.375 e. The van der Waals surface area contributed by atoms with E-state index in [2.05, 4.69) is 6.92 Å². The summed E-state index contributed by atoms with van der Waals surface area (Å²) in [7, 11) is 0. The smallest absolute Gasteiger partial charge is 0.121 e. The molecule has 16 heavy (non-hydrogen) atoms. The lowest BCUT2D eigenvalue weighted by atomic mass is 10.1. The number of hydrogen-bond acceptors (Lipinski definition) is 2. The van der Waals surface area contributed by atoms with E-state index in [1.165, 1.54) is 57.8 Å². The van der Waals surface area contributed by atoms with Gasteiger partial charge in [0.15, 0.2) is 0 Å². The number of hydrogen-bond donors (Lipinski definition) is 2. The van der Waals surface area contributed by atoms with Gasteiger partial charge in [0.1, 0.15) is 6.23 Å². The maximum absolute atomic E-state index is 8.79. The summed E-state index contributed by atoms with van der Waals surface area (Å²) in [5.74, 6) is 0. The summed E-state index contributed by atoms with van der Waals surface area (Å²) < 4.78 is 0. The molecule has 1 unspecified atom stereocenters. The van der Waals surface area contributed by atoms with Crippen LogP contribution in [-0.4, -0.2) is 11.3 Å². The first-order valence-electron chi connectivity index (χ1n) is 6.87. The van der Waals surface area contributed by atoms with E-state index in [9.17, 15) is 0 Å². The van der Waals surface area contributed by atoms with E-state index in [1.807, 2.05) is 6.08 Å². The van der Waals surface area contributed by atoms with Gasteiger partial charge in [0, 0.05) is 0 Å². The molecular formula is C14H29NO. The molecule has 0 aromatic carbocycles. The molecule has 0 aliphatic carbocycles. The molecular weight excluding hydrogens is 198 g/mol. The van der Waals surface area contributed by atoms with E-state index in [0.29, 0.717) is 0 Å². The van der Waals surface area contributed by atoms with Crippen molar-refractivity contribution in [1.82, 2.24) is 0 Å². The molecule has 0 aliphatic rings. The quantitative estimate of drug-likeness (QED) is 0.321. The van der Waals surface area contributed by atoms with Crippen molar-refractivity contribution in [3.8, 4) is 0 Å². The second-order valence-corrected chi connectivity index (χ2v) is 4.54. The number of rotatable bonds is 11. The molecule has 0 heterocycles. The van der Waals surface area contributed by atoms with Crippen LogP contribution in [0.3, 0.4) is 0 Å². The highest BCUT2D eigenvalue weighted by atomic mass is 16.3. The third-order valence-corrected chi connectivity index (χ3v) is 2.81. The average Bonchev–Trinajstić information content (AvgIpc) is 2.25. The SMILES string of the molecule is CCCCCCCCCCCC=CC(N)O. The maximum Gasteiger partial charge on any atom is 0.121 e. The Morgan fingerprint density at radius 3 is 1.94 bits per heavy atom. The van der Waals surface area contributed by atoms with Crippen molar-refractivity contribution in [2.75, 3.05) is 0 Å². The predicted octanol–water partition coefficient (Wildman–Crippen LogP) is 3.74. The van der Waals surface area contributed by atoms with Gasteiger partial charge in [-0.15, -0.1) is 0 Å². The van der Waals surface area contributed by atoms with Crippen LogP contribution in [0.25, 0.3) is 0 Å². The van der Waals surface area contributed by atoms with E-state index in [0.717, 1.165) is 6.42 Å². The summed E-state index contributed by atoms with van der Waals surface area (Å²) in [6.45, 7) is 2.26. The van der Waals surface area contributed by atoms with Crippen LogP contribution in [0.5, 0.6) is 0 Å². The Balaban J connectivity index is 2.99. The minimum absolute atomic E-state index is 0.779. The maximum atomic E-state index is 8.79. The second kappa shape index (κ2) is 12.7. The van der Waals surface area contributed by atoms with E-state index in [1.54, 1.807) is 6.08 Å². The monoisotopic (exact) mass is 227 g/mol. The fourth-order valence-electron chi connectivity index (χ4n) is 1.81. The van der Waals surface area contributed by atoms with E-state index < -0.39 is 6.23 Å². The number of unbranched alkanes of at least 4 members (excludes halogenated alkanes) is 9. The van der Waals surface area contributed by atoms with Crippen molar-refractivity contribution in [3.05, 3.63) is 12.2 Å².